The first-order valence-corrected chi connectivity index (χ1v) is 6.82. The van der Waals surface area contributed by atoms with Gasteiger partial charge < -0.3 is 10.4 Å². The predicted molar refractivity (Wildman–Crippen MR) is 65.9 cm³/mol. The van der Waals surface area contributed by atoms with Gasteiger partial charge in [-0.05, 0) is 24.6 Å². The van der Waals surface area contributed by atoms with Gasteiger partial charge in [0.25, 0.3) is 0 Å². The van der Waals surface area contributed by atoms with Crippen LogP contribution < -0.4 is 5.32 Å². The first kappa shape index (κ1) is 14.3. The van der Waals surface area contributed by atoms with E-state index in [1.54, 1.807) is 0 Å². The lowest BCUT2D eigenvalue weighted by atomic mass is 10.2. The number of nitrogens with one attached hydrogen (secondary N) is 1. The molecule has 86 valence electrons. The summed E-state index contributed by atoms with van der Waals surface area (Å²) in [6.45, 7) is 7.84. The SMILES string of the molecule is CCCC(CSCC(C)CO)NCC. The molecule has 2 nitrogen and oxygen atoms in total. The minimum atomic E-state index is 0.312. The molecule has 0 aliphatic rings. The molecule has 0 bridgehead atoms. The van der Waals surface area contributed by atoms with Gasteiger partial charge >= 0.3 is 0 Å². The third-order valence-corrected chi connectivity index (χ3v) is 3.61. The van der Waals surface area contributed by atoms with Gasteiger partial charge in [0.2, 0.25) is 0 Å². The van der Waals surface area contributed by atoms with Crippen LogP contribution in [0.15, 0.2) is 0 Å². The Kier molecular flexibility index (Phi) is 10.0. The number of rotatable bonds is 9. The van der Waals surface area contributed by atoms with E-state index in [1.807, 2.05) is 11.8 Å². The maximum atomic E-state index is 8.88. The third-order valence-electron chi connectivity index (χ3n) is 2.16. The molecule has 0 spiro atoms. The van der Waals surface area contributed by atoms with Crippen LogP contribution in [0.5, 0.6) is 0 Å². The van der Waals surface area contributed by atoms with Gasteiger partial charge in [0.05, 0.1) is 0 Å². The number of hydrogen-bond donors (Lipinski definition) is 2. The van der Waals surface area contributed by atoms with E-state index in [9.17, 15) is 0 Å². The van der Waals surface area contributed by atoms with Crippen molar-refractivity contribution in [1.29, 1.82) is 0 Å². The Morgan fingerprint density at radius 2 is 2.00 bits per heavy atom. The topological polar surface area (TPSA) is 32.3 Å². The molecular weight excluding hydrogens is 194 g/mol. The fourth-order valence-electron chi connectivity index (χ4n) is 1.35. The Morgan fingerprint density at radius 1 is 1.29 bits per heavy atom. The van der Waals surface area contributed by atoms with Crippen LogP contribution in [-0.4, -0.2) is 35.8 Å². The summed E-state index contributed by atoms with van der Waals surface area (Å²) in [6, 6.07) is 0.654. The van der Waals surface area contributed by atoms with E-state index in [1.165, 1.54) is 18.6 Å². The molecule has 0 heterocycles. The van der Waals surface area contributed by atoms with Crippen LogP contribution in [0.1, 0.15) is 33.6 Å². The van der Waals surface area contributed by atoms with Gasteiger partial charge in [-0.25, -0.2) is 0 Å². The van der Waals surface area contributed by atoms with Gasteiger partial charge in [-0.1, -0.05) is 27.2 Å². The van der Waals surface area contributed by atoms with Crippen molar-refractivity contribution in [3.63, 3.8) is 0 Å². The van der Waals surface area contributed by atoms with Gasteiger partial charge in [0.15, 0.2) is 0 Å². The summed E-state index contributed by atoms with van der Waals surface area (Å²) >= 11 is 1.95. The molecule has 0 amide bonds. The largest absolute Gasteiger partial charge is 0.396 e. The van der Waals surface area contributed by atoms with Gasteiger partial charge in [-0.2, -0.15) is 11.8 Å². The van der Waals surface area contributed by atoms with Crippen molar-refractivity contribution < 1.29 is 5.11 Å². The first-order chi connectivity index (χ1) is 6.74. The van der Waals surface area contributed by atoms with Crippen LogP contribution in [0, 0.1) is 5.92 Å². The number of hydrogen-bond acceptors (Lipinski definition) is 3. The summed E-state index contributed by atoms with van der Waals surface area (Å²) in [5, 5.41) is 12.4. The summed E-state index contributed by atoms with van der Waals surface area (Å²) in [4.78, 5) is 0. The molecule has 0 rings (SSSR count). The van der Waals surface area contributed by atoms with Crippen LogP contribution >= 0.6 is 11.8 Å². The second kappa shape index (κ2) is 9.81. The molecule has 3 heteroatoms. The van der Waals surface area contributed by atoms with Crippen LogP contribution in [-0.2, 0) is 0 Å². The zero-order valence-electron chi connectivity index (χ0n) is 9.75. The fourth-order valence-corrected chi connectivity index (χ4v) is 2.56. The Morgan fingerprint density at radius 3 is 2.50 bits per heavy atom. The minimum absolute atomic E-state index is 0.312. The molecule has 0 aliphatic carbocycles. The molecule has 0 aromatic rings. The molecule has 0 aromatic heterocycles. The average molecular weight is 219 g/mol. The molecule has 2 unspecified atom stereocenters. The highest BCUT2D eigenvalue weighted by atomic mass is 32.2. The summed E-state index contributed by atoms with van der Waals surface area (Å²) in [7, 11) is 0. The molecule has 0 radical (unpaired) electrons. The number of thioether (sulfide) groups is 1. The van der Waals surface area contributed by atoms with Crippen molar-refractivity contribution >= 4 is 11.8 Å². The molecule has 0 fully saturated rings. The molecule has 0 aliphatic heterocycles. The van der Waals surface area contributed by atoms with Crippen LogP contribution in [0.3, 0.4) is 0 Å². The van der Waals surface area contributed by atoms with Crippen molar-refractivity contribution in [3.05, 3.63) is 0 Å². The number of aliphatic hydroxyl groups excluding tert-OH is 1. The number of aliphatic hydroxyl groups is 1. The monoisotopic (exact) mass is 219 g/mol. The highest BCUT2D eigenvalue weighted by molar-refractivity contribution is 7.99. The van der Waals surface area contributed by atoms with Crippen molar-refractivity contribution in [1.82, 2.24) is 5.32 Å². The summed E-state index contributed by atoms with van der Waals surface area (Å²) in [5.41, 5.74) is 0. The maximum Gasteiger partial charge on any atom is 0.0464 e. The normalized spacial score (nSPS) is 15.4. The highest BCUT2D eigenvalue weighted by Gasteiger charge is 2.07. The maximum absolute atomic E-state index is 8.88. The molecule has 0 saturated carbocycles. The van der Waals surface area contributed by atoms with E-state index in [4.69, 9.17) is 5.11 Å². The Hall–Kier alpha value is 0.270. The predicted octanol–water partition coefficient (Wildman–Crippen LogP) is 2.13. The van der Waals surface area contributed by atoms with Crippen molar-refractivity contribution in [2.45, 2.75) is 39.7 Å². The van der Waals surface area contributed by atoms with E-state index in [0.717, 1.165) is 12.3 Å². The Labute approximate surface area is 92.9 Å². The lowest BCUT2D eigenvalue weighted by molar-refractivity contribution is 0.250. The van der Waals surface area contributed by atoms with Crippen LogP contribution in [0.25, 0.3) is 0 Å². The standard InChI is InChI=1S/C11H25NOS/c1-4-6-11(12-5-2)9-14-8-10(3)7-13/h10-13H,4-9H2,1-3H3. The molecule has 0 aromatic carbocycles. The highest BCUT2D eigenvalue weighted by Crippen LogP contribution is 2.11. The second-order valence-corrected chi connectivity index (χ2v) is 4.94. The van der Waals surface area contributed by atoms with Crippen molar-refractivity contribution in [2.24, 2.45) is 5.92 Å². The van der Waals surface area contributed by atoms with Gasteiger partial charge in [-0.15, -0.1) is 0 Å². The third kappa shape index (κ3) is 7.65. The zero-order valence-corrected chi connectivity index (χ0v) is 10.6. The molecule has 0 saturated heterocycles. The summed E-state index contributed by atoms with van der Waals surface area (Å²) in [6.07, 6.45) is 2.50. The molecular formula is C11H25NOS. The lowest BCUT2D eigenvalue weighted by Crippen LogP contribution is -2.31. The van der Waals surface area contributed by atoms with E-state index in [-0.39, 0.29) is 0 Å². The van der Waals surface area contributed by atoms with Gasteiger partial charge in [-0.3, -0.25) is 0 Å². The quantitative estimate of drug-likeness (QED) is 0.623. The van der Waals surface area contributed by atoms with Crippen LogP contribution in [0.2, 0.25) is 0 Å². The Balaban J connectivity index is 3.49. The van der Waals surface area contributed by atoms with Gasteiger partial charge in [0.1, 0.15) is 0 Å². The van der Waals surface area contributed by atoms with Gasteiger partial charge in [0, 0.05) is 18.4 Å². The fraction of sp³-hybridized carbons (Fsp3) is 1.00. The Bertz CT molecular complexity index is 116. The minimum Gasteiger partial charge on any atom is -0.396 e. The summed E-state index contributed by atoms with van der Waals surface area (Å²) in [5.74, 6) is 2.68. The van der Waals surface area contributed by atoms with E-state index >= 15 is 0 Å². The van der Waals surface area contributed by atoms with Crippen LogP contribution in [0.4, 0.5) is 0 Å². The zero-order chi connectivity index (χ0) is 10.8. The average Bonchev–Trinajstić information content (AvgIpc) is 2.18. The van der Waals surface area contributed by atoms with E-state index in [2.05, 4.69) is 26.1 Å². The van der Waals surface area contributed by atoms with Crippen molar-refractivity contribution in [2.75, 3.05) is 24.7 Å². The first-order valence-electron chi connectivity index (χ1n) is 5.66. The molecule has 14 heavy (non-hydrogen) atoms. The van der Waals surface area contributed by atoms with E-state index < -0.39 is 0 Å². The molecule has 2 atom stereocenters. The molecule has 2 N–H and O–H groups in total. The van der Waals surface area contributed by atoms with E-state index in [0.29, 0.717) is 18.6 Å². The lowest BCUT2D eigenvalue weighted by Gasteiger charge is -2.17. The second-order valence-electron chi connectivity index (χ2n) is 3.87. The summed E-state index contributed by atoms with van der Waals surface area (Å²) < 4.78 is 0. The van der Waals surface area contributed by atoms with Crippen molar-refractivity contribution in [3.8, 4) is 0 Å². The smallest absolute Gasteiger partial charge is 0.0464 e.